The molecule has 3 N–H and O–H groups in total. The predicted molar refractivity (Wildman–Crippen MR) is 107 cm³/mol. The van der Waals surface area contributed by atoms with Crippen molar-refractivity contribution in [2.75, 3.05) is 13.7 Å². The van der Waals surface area contributed by atoms with Crippen LogP contribution in [0.15, 0.2) is 34.9 Å². The number of nitrogens with one attached hydrogen (secondary N) is 3. The number of methoxy groups -OCH3 is 1. The smallest absolute Gasteiger partial charge is 0.328 e. The van der Waals surface area contributed by atoms with Gasteiger partial charge in [0.25, 0.3) is 5.91 Å². The quantitative estimate of drug-likeness (QED) is 0.499. The second kappa shape index (κ2) is 8.59. The third-order valence-corrected chi connectivity index (χ3v) is 4.42. The highest BCUT2D eigenvalue weighted by atomic mass is 16.5. The van der Waals surface area contributed by atoms with Crippen molar-refractivity contribution in [1.82, 2.24) is 15.7 Å². The summed E-state index contributed by atoms with van der Waals surface area (Å²) >= 11 is 0. The fraction of sp³-hybridized carbons (Fsp3) is 0.300. The molecule has 0 bridgehead atoms. The minimum Gasteiger partial charge on any atom is -0.476 e. The largest absolute Gasteiger partial charge is 0.476 e. The first-order chi connectivity index (χ1) is 13.9. The Morgan fingerprint density at radius 1 is 1.31 bits per heavy atom. The molecule has 29 heavy (non-hydrogen) atoms. The molecule has 9 nitrogen and oxygen atoms in total. The summed E-state index contributed by atoms with van der Waals surface area (Å²) in [6.45, 7) is 3.49. The lowest BCUT2D eigenvalue weighted by Crippen LogP contribution is -2.42. The van der Waals surface area contributed by atoms with Crippen molar-refractivity contribution >= 4 is 40.7 Å². The Labute approximate surface area is 167 Å². The topological polar surface area (TPSA) is 122 Å². The average Bonchev–Trinajstić information content (AvgIpc) is 3.22. The van der Waals surface area contributed by atoms with E-state index in [4.69, 9.17) is 9.47 Å². The van der Waals surface area contributed by atoms with Crippen molar-refractivity contribution in [2.24, 2.45) is 5.10 Å². The van der Waals surface area contributed by atoms with Crippen LogP contribution < -0.4 is 10.7 Å². The highest BCUT2D eigenvalue weighted by Gasteiger charge is 2.27. The van der Waals surface area contributed by atoms with Crippen molar-refractivity contribution in [2.45, 2.75) is 26.3 Å². The number of benzene rings is 1. The number of aromatic amines is 1. The van der Waals surface area contributed by atoms with Crippen LogP contribution in [0.2, 0.25) is 0 Å². The molecular weight excluding hydrogens is 376 g/mol. The number of esters is 1. The van der Waals surface area contributed by atoms with Crippen LogP contribution in [-0.4, -0.2) is 48.4 Å². The Balaban J connectivity index is 2.08. The number of ether oxygens (including phenoxy) is 2. The number of nitrogens with zero attached hydrogens (tertiary/aromatic N) is 1. The Kier molecular flexibility index (Phi) is 5.96. The summed E-state index contributed by atoms with van der Waals surface area (Å²) in [6.07, 6.45) is 1.81. The maximum Gasteiger partial charge on any atom is 0.328 e. The van der Waals surface area contributed by atoms with Crippen molar-refractivity contribution < 1.29 is 23.9 Å². The van der Waals surface area contributed by atoms with Crippen LogP contribution in [-0.2, 0) is 30.3 Å². The molecule has 0 aliphatic carbocycles. The van der Waals surface area contributed by atoms with Gasteiger partial charge in [0.1, 0.15) is 11.6 Å². The number of H-pyrrole nitrogens is 1. The van der Waals surface area contributed by atoms with Crippen molar-refractivity contribution in [3.05, 3.63) is 41.1 Å². The van der Waals surface area contributed by atoms with Gasteiger partial charge in [0.05, 0.1) is 13.7 Å². The Hall–Kier alpha value is -3.62. The van der Waals surface area contributed by atoms with E-state index in [9.17, 15) is 14.4 Å². The second-order valence-corrected chi connectivity index (χ2v) is 6.39. The fourth-order valence-electron chi connectivity index (χ4n) is 3.19. The van der Waals surface area contributed by atoms with E-state index in [2.05, 4.69) is 20.8 Å². The number of para-hydroxylation sites is 1. The molecule has 152 valence electrons. The summed E-state index contributed by atoms with van der Waals surface area (Å²) in [6, 6.07) is 6.67. The first-order valence-electron chi connectivity index (χ1n) is 9.12. The maximum atomic E-state index is 12.2. The molecule has 0 saturated carbocycles. The molecular formula is C20H22N4O5. The van der Waals surface area contributed by atoms with Gasteiger partial charge in [-0.25, -0.2) is 10.2 Å². The monoisotopic (exact) mass is 398 g/mol. The van der Waals surface area contributed by atoms with Crippen LogP contribution in [0.4, 0.5) is 0 Å². The summed E-state index contributed by atoms with van der Waals surface area (Å²) in [7, 11) is 1.27. The van der Waals surface area contributed by atoms with E-state index >= 15 is 0 Å². The molecule has 3 rings (SSSR count). The van der Waals surface area contributed by atoms with Crippen molar-refractivity contribution in [1.29, 1.82) is 0 Å². The molecule has 1 aliphatic rings. The third kappa shape index (κ3) is 4.29. The summed E-state index contributed by atoms with van der Waals surface area (Å²) in [5.41, 5.74) is 4.86. The van der Waals surface area contributed by atoms with Crippen LogP contribution >= 0.6 is 0 Å². The summed E-state index contributed by atoms with van der Waals surface area (Å²) in [5, 5.41) is 7.38. The molecule has 1 aliphatic heterocycles. The van der Waals surface area contributed by atoms with Gasteiger partial charge in [-0.3, -0.25) is 9.59 Å². The number of carbonyl (C=O) groups excluding carboxylic acids is 3. The van der Waals surface area contributed by atoms with Gasteiger partial charge in [0.15, 0.2) is 0 Å². The molecule has 1 aromatic heterocycles. The number of hydrogen-bond acceptors (Lipinski definition) is 6. The maximum absolute atomic E-state index is 12.2. The number of aromatic nitrogens is 1. The molecule has 1 atom stereocenters. The van der Waals surface area contributed by atoms with Gasteiger partial charge in [-0.1, -0.05) is 18.2 Å². The molecule has 2 amide bonds. The Morgan fingerprint density at radius 3 is 2.76 bits per heavy atom. The molecule has 1 aromatic carbocycles. The molecule has 0 spiro atoms. The first-order valence-corrected chi connectivity index (χ1v) is 9.12. The molecule has 9 heteroatoms. The molecule has 0 saturated heterocycles. The van der Waals surface area contributed by atoms with Gasteiger partial charge in [-0.15, -0.1) is 5.10 Å². The van der Waals surface area contributed by atoms with Crippen LogP contribution in [0.1, 0.15) is 25.1 Å². The molecule has 0 radical (unpaired) electrons. The summed E-state index contributed by atoms with van der Waals surface area (Å²) < 4.78 is 10.2. The van der Waals surface area contributed by atoms with Gasteiger partial charge in [-0.2, -0.15) is 0 Å². The SMILES string of the molecule is CCOC1=NNC(=O)C1=Cc1[nH]c2ccccc2c1CC(NC(C)=O)C(=O)OC. The number of fused-ring (bicyclic) bond motifs is 1. The minimum atomic E-state index is -0.869. The molecule has 2 aromatic rings. The lowest BCUT2D eigenvalue weighted by Gasteiger charge is -2.16. The fourth-order valence-corrected chi connectivity index (χ4v) is 3.19. The lowest BCUT2D eigenvalue weighted by atomic mass is 10.0. The standard InChI is InChI=1S/C20H22N4O5/c1-4-29-19-14(18(26)23-24-19)10-16-13(12-7-5-6-8-15(12)22-16)9-17(20(27)28-3)21-11(2)25/h5-8,10,17,22H,4,9H2,1-3H3,(H,21,25)(H,23,26). The predicted octanol–water partition coefficient (Wildman–Crippen LogP) is 1.25. The van der Waals surface area contributed by atoms with E-state index in [1.807, 2.05) is 24.3 Å². The van der Waals surface area contributed by atoms with E-state index in [0.29, 0.717) is 12.3 Å². The van der Waals surface area contributed by atoms with E-state index in [1.54, 1.807) is 13.0 Å². The molecule has 0 fully saturated rings. The number of hydrogen-bond donors (Lipinski definition) is 3. The van der Waals surface area contributed by atoms with E-state index in [-0.39, 0.29) is 29.7 Å². The Bertz CT molecular complexity index is 1020. The van der Waals surface area contributed by atoms with Gasteiger partial charge >= 0.3 is 5.97 Å². The lowest BCUT2D eigenvalue weighted by molar-refractivity contribution is -0.144. The second-order valence-electron chi connectivity index (χ2n) is 6.39. The summed E-state index contributed by atoms with van der Waals surface area (Å²) in [4.78, 5) is 39.2. The number of rotatable bonds is 6. The van der Waals surface area contributed by atoms with E-state index in [0.717, 1.165) is 16.5 Å². The zero-order valence-corrected chi connectivity index (χ0v) is 16.4. The summed E-state index contributed by atoms with van der Waals surface area (Å²) in [5.74, 6) is -1.08. The highest BCUT2D eigenvalue weighted by molar-refractivity contribution is 6.24. The van der Waals surface area contributed by atoms with Crippen LogP contribution in [0.5, 0.6) is 0 Å². The number of hydrazone groups is 1. The van der Waals surface area contributed by atoms with Gasteiger partial charge < -0.3 is 19.8 Å². The Morgan fingerprint density at radius 2 is 2.07 bits per heavy atom. The normalized spacial score (nSPS) is 15.8. The minimum absolute atomic E-state index is 0.179. The van der Waals surface area contributed by atoms with Gasteiger partial charge in [-0.05, 0) is 24.6 Å². The third-order valence-electron chi connectivity index (χ3n) is 4.42. The van der Waals surface area contributed by atoms with Crippen LogP contribution in [0, 0.1) is 0 Å². The van der Waals surface area contributed by atoms with Gasteiger partial charge in [0, 0.05) is 29.9 Å². The number of amides is 2. The van der Waals surface area contributed by atoms with E-state index in [1.165, 1.54) is 14.0 Å². The number of carbonyl (C=O) groups is 3. The van der Waals surface area contributed by atoms with Crippen LogP contribution in [0.25, 0.3) is 17.0 Å². The zero-order chi connectivity index (χ0) is 21.0. The van der Waals surface area contributed by atoms with Gasteiger partial charge in [0.2, 0.25) is 11.8 Å². The average molecular weight is 398 g/mol. The first kappa shape index (κ1) is 20.1. The highest BCUT2D eigenvalue weighted by Crippen LogP contribution is 2.27. The van der Waals surface area contributed by atoms with Crippen molar-refractivity contribution in [3.8, 4) is 0 Å². The van der Waals surface area contributed by atoms with Crippen molar-refractivity contribution in [3.63, 3.8) is 0 Å². The van der Waals surface area contributed by atoms with E-state index < -0.39 is 12.0 Å². The molecule has 1 unspecified atom stereocenters. The molecule has 2 heterocycles. The zero-order valence-electron chi connectivity index (χ0n) is 16.4. The van der Waals surface area contributed by atoms with Crippen LogP contribution in [0.3, 0.4) is 0 Å².